The molecule has 1 saturated carbocycles. The lowest BCUT2D eigenvalue weighted by Gasteiger charge is -2.10. The Labute approximate surface area is 60.0 Å². The topological polar surface area (TPSA) is 46.5 Å². The fraction of sp³-hybridized carbons (Fsp3) is 0.857. The van der Waals surface area contributed by atoms with E-state index in [-0.39, 0.29) is 11.9 Å². The fourth-order valence-electron chi connectivity index (χ4n) is 1.37. The van der Waals surface area contributed by atoms with Crippen LogP contribution in [0.4, 0.5) is 0 Å². The molecular formula is C7H12O3. The molecule has 0 aromatic carbocycles. The quantitative estimate of drug-likeness (QED) is 0.539. The third kappa shape index (κ3) is 1.29. The Morgan fingerprint density at radius 3 is 2.70 bits per heavy atom. The van der Waals surface area contributed by atoms with Crippen molar-refractivity contribution in [2.24, 2.45) is 5.92 Å². The van der Waals surface area contributed by atoms with Gasteiger partial charge in [-0.25, -0.2) is 0 Å². The molecule has 1 rings (SSSR count). The molecule has 3 nitrogen and oxygen atoms in total. The number of ether oxygens (including phenoxy) is 1. The molecule has 0 aromatic heterocycles. The molecule has 3 heteroatoms. The van der Waals surface area contributed by atoms with Crippen LogP contribution in [0.5, 0.6) is 0 Å². The van der Waals surface area contributed by atoms with Crippen LogP contribution in [0.25, 0.3) is 0 Å². The maximum atomic E-state index is 10.8. The summed E-state index contributed by atoms with van der Waals surface area (Å²) in [6.45, 7) is 0. The Morgan fingerprint density at radius 1 is 1.60 bits per heavy atom. The Hall–Kier alpha value is -0.570. The molecule has 0 radical (unpaired) electrons. The number of aliphatic hydroxyl groups excluding tert-OH is 1. The highest BCUT2D eigenvalue weighted by Gasteiger charge is 2.31. The molecule has 1 aliphatic carbocycles. The van der Waals surface area contributed by atoms with E-state index in [1.807, 2.05) is 0 Å². The van der Waals surface area contributed by atoms with Crippen molar-refractivity contribution in [1.29, 1.82) is 0 Å². The number of hydrogen-bond donors (Lipinski definition) is 1. The summed E-state index contributed by atoms with van der Waals surface area (Å²) in [6, 6.07) is 0. The molecular weight excluding hydrogens is 132 g/mol. The molecule has 58 valence electrons. The van der Waals surface area contributed by atoms with Crippen LogP contribution >= 0.6 is 0 Å². The summed E-state index contributed by atoms with van der Waals surface area (Å²) in [5, 5.41) is 9.19. The molecule has 10 heavy (non-hydrogen) atoms. The van der Waals surface area contributed by atoms with Crippen molar-refractivity contribution in [3.63, 3.8) is 0 Å². The summed E-state index contributed by atoms with van der Waals surface area (Å²) in [4.78, 5) is 10.8. The highest BCUT2D eigenvalue weighted by atomic mass is 16.5. The molecule has 1 aliphatic rings. The SMILES string of the molecule is COC(=O)[C@H]1CCCC1O. The van der Waals surface area contributed by atoms with Crippen LogP contribution < -0.4 is 0 Å². The van der Waals surface area contributed by atoms with Gasteiger partial charge in [0.15, 0.2) is 0 Å². The van der Waals surface area contributed by atoms with Crippen LogP contribution in [0.3, 0.4) is 0 Å². The molecule has 0 bridgehead atoms. The summed E-state index contributed by atoms with van der Waals surface area (Å²) in [5.74, 6) is -0.532. The number of carbonyl (C=O) groups excluding carboxylic acids is 1. The lowest BCUT2D eigenvalue weighted by molar-refractivity contribution is -0.148. The van der Waals surface area contributed by atoms with E-state index >= 15 is 0 Å². The highest BCUT2D eigenvalue weighted by Crippen LogP contribution is 2.26. The van der Waals surface area contributed by atoms with Gasteiger partial charge in [-0.3, -0.25) is 4.79 Å². The number of rotatable bonds is 1. The Morgan fingerprint density at radius 2 is 2.30 bits per heavy atom. The average molecular weight is 144 g/mol. The second-order valence-corrected chi connectivity index (χ2v) is 2.63. The van der Waals surface area contributed by atoms with E-state index in [1.54, 1.807) is 0 Å². The number of hydrogen-bond acceptors (Lipinski definition) is 3. The molecule has 1 N–H and O–H groups in total. The van der Waals surface area contributed by atoms with Crippen LogP contribution in [0.15, 0.2) is 0 Å². The summed E-state index contributed by atoms with van der Waals surface area (Å²) in [5.41, 5.74) is 0. The average Bonchev–Trinajstić information content (AvgIpc) is 2.34. The van der Waals surface area contributed by atoms with Crippen LogP contribution in [-0.2, 0) is 9.53 Å². The minimum Gasteiger partial charge on any atom is -0.469 e. The number of carbonyl (C=O) groups is 1. The molecule has 1 fully saturated rings. The van der Waals surface area contributed by atoms with E-state index < -0.39 is 6.10 Å². The normalized spacial score (nSPS) is 32.2. The van der Waals surface area contributed by atoms with Crippen molar-refractivity contribution < 1.29 is 14.6 Å². The van der Waals surface area contributed by atoms with E-state index in [2.05, 4.69) is 4.74 Å². The van der Waals surface area contributed by atoms with Gasteiger partial charge in [0.2, 0.25) is 0 Å². The minimum absolute atomic E-state index is 0.259. The smallest absolute Gasteiger partial charge is 0.311 e. The van der Waals surface area contributed by atoms with Gasteiger partial charge >= 0.3 is 5.97 Å². The maximum absolute atomic E-state index is 10.8. The van der Waals surface area contributed by atoms with Crippen LogP contribution in [0, 0.1) is 5.92 Å². The minimum atomic E-state index is -0.465. The molecule has 0 saturated heterocycles. The van der Waals surface area contributed by atoms with Gasteiger partial charge in [-0.2, -0.15) is 0 Å². The number of methoxy groups -OCH3 is 1. The van der Waals surface area contributed by atoms with E-state index in [0.29, 0.717) is 0 Å². The molecule has 2 atom stereocenters. The van der Waals surface area contributed by atoms with Crippen molar-refractivity contribution in [2.45, 2.75) is 25.4 Å². The lowest BCUT2D eigenvalue weighted by atomic mass is 10.1. The van der Waals surface area contributed by atoms with E-state index in [0.717, 1.165) is 19.3 Å². The lowest BCUT2D eigenvalue weighted by Crippen LogP contribution is -2.23. The first kappa shape index (κ1) is 7.54. The largest absolute Gasteiger partial charge is 0.469 e. The fourth-order valence-corrected chi connectivity index (χ4v) is 1.37. The van der Waals surface area contributed by atoms with Gasteiger partial charge < -0.3 is 9.84 Å². The number of esters is 1. The standard InChI is InChI=1S/C7H12O3/c1-10-7(9)5-3-2-4-6(5)8/h5-6,8H,2-4H2,1H3/t5-,6?/m0/s1. The highest BCUT2D eigenvalue weighted by molar-refractivity contribution is 5.73. The van der Waals surface area contributed by atoms with Gasteiger partial charge in [0, 0.05) is 0 Å². The zero-order chi connectivity index (χ0) is 7.56. The van der Waals surface area contributed by atoms with Crippen molar-refractivity contribution in [3.8, 4) is 0 Å². The molecule has 0 aliphatic heterocycles. The second kappa shape index (κ2) is 3.01. The summed E-state index contributed by atoms with van der Waals surface area (Å²) < 4.78 is 4.51. The molecule has 1 unspecified atom stereocenters. The van der Waals surface area contributed by atoms with E-state index in [9.17, 15) is 9.90 Å². The zero-order valence-corrected chi connectivity index (χ0v) is 6.04. The molecule has 0 heterocycles. The van der Waals surface area contributed by atoms with Gasteiger partial charge in [0.25, 0.3) is 0 Å². The molecule has 0 spiro atoms. The first-order chi connectivity index (χ1) is 4.75. The van der Waals surface area contributed by atoms with Gasteiger partial charge in [-0.05, 0) is 19.3 Å². The van der Waals surface area contributed by atoms with Crippen molar-refractivity contribution in [3.05, 3.63) is 0 Å². The predicted octanol–water partition coefficient (Wildman–Crippen LogP) is 0.320. The maximum Gasteiger partial charge on any atom is 0.311 e. The Kier molecular flexibility index (Phi) is 2.27. The number of aliphatic hydroxyl groups is 1. The Balaban J connectivity index is 2.46. The van der Waals surface area contributed by atoms with Gasteiger partial charge in [-0.15, -0.1) is 0 Å². The van der Waals surface area contributed by atoms with Gasteiger partial charge in [-0.1, -0.05) is 0 Å². The summed E-state index contributed by atoms with van der Waals surface area (Å²) in [7, 11) is 1.35. The predicted molar refractivity (Wildman–Crippen MR) is 35.4 cm³/mol. The van der Waals surface area contributed by atoms with Gasteiger partial charge in [0.1, 0.15) is 0 Å². The van der Waals surface area contributed by atoms with E-state index in [4.69, 9.17) is 0 Å². The van der Waals surface area contributed by atoms with Crippen molar-refractivity contribution in [2.75, 3.05) is 7.11 Å². The zero-order valence-electron chi connectivity index (χ0n) is 6.04. The van der Waals surface area contributed by atoms with Crippen molar-refractivity contribution in [1.82, 2.24) is 0 Å². The van der Waals surface area contributed by atoms with Crippen LogP contribution in [-0.4, -0.2) is 24.3 Å². The monoisotopic (exact) mass is 144 g/mol. The van der Waals surface area contributed by atoms with Crippen LogP contribution in [0.2, 0.25) is 0 Å². The Bertz CT molecular complexity index is 133. The van der Waals surface area contributed by atoms with Crippen molar-refractivity contribution >= 4 is 5.97 Å². The molecule has 0 amide bonds. The molecule has 0 aromatic rings. The van der Waals surface area contributed by atoms with Crippen LogP contribution in [0.1, 0.15) is 19.3 Å². The summed E-state index contributed by atoms with van der Waals surface area (Å²) >= 11 is 0. The first-order valence-corrected chi connectivity index (χ1v) is 3.51. The first-order valence-electron chi connectivity index (χ1n) is 3.51. The van der Waals surface area contributed by atoms with E-state index in [1.165, 1.54) is 7.11 Å². The summed E-state index contributed by atoms with van der Waals surface area (Å²) in [6.07, 6.45) is 1.97. The third-order valence-electron chi connectivity index (χ3n) is 1.98. The third-order valence-corrected chi connectivity index (χ3v) is 1.98. The van der Waals surface area contributed by atoms with Gasteiger partial charge in [0.05, 0.1) is 19.1 Å². The second-order valence-electron chi connectivity index (χ2n) is 2.63.